The Kier molecular flexibility index (Phi) is 10.1. The first kappa shape index (κ1) is 30.6. The fourth-order valence-electron chi connectivity index (χ4n) is 5.85. The van der Waals surface area contributed by atoms with Gasteiger partial charge >= 0.3 is 0 Å². The number of amides is 3. The monoisotopic (exact) mass is 506 g/mol. The average Bonchev–Trinajstić information content (AvgIpc) is 3.40. The molecule has 7 nitrogen and oxygen atoms in total. The minimum absolute atomic E-state index is 0.0247. The molecule has 0 aliphatic carbocycles. The van der Waals surface area contributed by atoms with Gasteiger partial charge in [0, 0.05) is 30.6 Å². The smallest absolute Gasteiger partial charge is 0.246 e. The van der Waals surface area contributed by atoms with E-state index < -0.39 is 12.1 Å². The van der Waals surface area contributed by atoms with Gasteiger partial charge in [-0.15, -0.1) is 0 Å². The molecule has 0 bridgehead atoms. The minimum atomic E-state index is -0.447. The summed E-state index contributed by atoms with van der Waals surface area (Å²) < 4.78 is 0. The number of hydrogen-bond acceptors (Lipinski definition) is 4. The lowest BCUT2D eigenvalue weighted by Crippen LogP contribution is -2.56. The summed E-state index contributed by atoms with van der Waals surface area (Å²) in [7, 11) is 4.14. The lowest BCUT2D eigenvalue weighted by molar-refractivity contribution is -0.147. The third-order valence-electron chi connectivity index (χ3n) is 8.26. The zero-order valence-corrected chi connectivity index (χ0v) is 24.9. The van der Waals surface area contributed by atoms with Crippen molar-refractivity contribution in [2.24, 2.45) is 11.3 Å². The van der Waals surface area contributed by atoms with Gasteiger partial charge < -0.3 is 20.0 Å². The van der Waals surface area contributed by atoms with Crippen LogP contribution in [0.4, 0.5) is 0 Å². The minimum Gasteiger partial charge on any atom is -0.349 e. The van der Waals surface area contributed by atoms with Crippen LogP contribution in [0.2, 0.25) is 0 Å². The molecule has 0 radical (unpaired) electrons. The molecule has 0 aromatic heterocycles. The van der Waals surface area contributed by atoms with Crippen molar-refractivity contribution in [3.63, 3.8) is 0 Å². The molecule has 36 heavy (non-hydrogen) atoms. The van der Waals surface area contributed by atoms with Crippen molar-refractivity contribution in [2.45, 2.75) is 130 Å². The molecule has 0 aromatic rings. The Balaban J connectivity index is 2.06. The molecule has 2 rings (SSSR count). The second kappa shape index (κ2) is 11.8. The van der Waals surface area contributed by atoms with Gasteiger partial charge in [-0.2, -0.15) is 0 Å². The van der Waals surface area contributed by atoms with E-state index in [1.807, 2.05) is 0 Å². The van der Waals surface area contributed by atoms with Crippen LogP contribution in [0.5, 0.6) is 0 Å². The van der Waals surface area contributed by atoms with Crippen LogP contribution in [0.25, 0.3) is 0 Å². The van der Waals surface area contributed by atoms with Gasteiger partial charge in [-0.1, -0.05) is 27.7 Å². The van der Waals surface area contributed by atoms with E-state index in [9.17, 15) is 14.4 Å². The van der Waals surface area contributed by atoms with E-state index in [1.54, 1.807) is 9.80 Å². The summed E-state index contributed by atoms with van der Waals surface area (Å²) in [6, 6.07) is -0.886. The van der Waals surface area contributed by atoms with E-state index in [-0.39, 0.29) is 34.2 Å². The van der Waals surface area contributed by atoms with Crippen molar-refractivity contribution in [1.82, 2.24) is 20.0 Å². The number of carbonyl (C=O) groups excluding carboxylic acids is 3. The molecular formula is C29H54N4O3. The Morgan fingerprint density at radius 1 is 0.917 bits per heavy atom. The van der Waals surface area contributed by atoms with Gasteiger partial charge in [-0.3, -0.25) is 14.4 Å². The maximum absolute atomic E-state index is 13.7. The predicted molar refractivity (Wildman–Crippen MR) is 147 cm³/mol. The highest BCUT2D eigenvalue weighted by atomic mass is 16.2. The maximum Gasteiger partial charge on any atom is 0.246 e. The fourth-order valence-corrected chi connectivity index (χ4v) is 5.85. The molecule has 2 unspecified atom stereocenters. The van der Waals surface area contributed by atoms with Gasteiger partial charge in [-0.05, 0) is 98.1 Å². The third-order valence-corrected chi connectivity index (χ3v) is 8.26. The summed E-state index contributed by atoms with van der Waals surface area (Å²) >= 11 is 0. The Hall–Kier alpha value is -1.63. The molecule has 2 atom stereocenters. The summed E-state index contributed by atoms with van der Waals surface area (Å²) in [5, 5.41) is 3.21. The molecule has 7 heteroatoms. The number of hydrogen-bond donors (Lipinski definition) is 1. The molecular weight excluding hydrogens is 452 g/mol. The van der Waals surface area contributed by atoms with Crippen molar-refractivity contribution in [2.75, 3.05) is 27.2 Å². The second-order valence-electron chi connectivity index (χ2n) is 14.0. The van der Waals surface area contributed by atoms with Gasteiger partial charge in [0.05, 0.1) is 0 Å². The molecule has 2 heterocycles. The lowest BCUT2D eigenvalue weighted by atomic mass is 9.77. The first-order valence-corrected chi connectivity index (χ1v) is 14.1. The zero-order chi connectivity index (χ0) is 27.5. The van der Waals surface area contributed by atoms with Crippen molar-refractivity contribution in [3.05, 3.63) is 0 Å². The number of likely N-dealkylation sites (tertiary alicyclic amines) is 2. The first-order chi connectivity index (χ1) is 16.5. The van der Waals surface area contributed by atoms with E-state index in [0.717, 1.165) is 32.1 Å². The highest BCUT2D eigenvalue weighted by Crippen LogP contribution is 2.35. The Morgan fingerprint density at radius 3 is 2.03 bits per heavy atom. The third kappa shape index (κ3) is 8.19. The summed E-state index contributed by atoms with van der Waals surface area (Å²) in [5.74, 6) is 0.526. The Morgan fingerprint density at radius 2 is 1.47 bits per heavy atom. The molecule has 3 amide bonds. The summed E-state index contributed by atoms with van der Waals surface area (Å²) in [6.45, 7) is 18.4. The van der Waals surface area contributed by atoms with Gasteiger partial charge in [-0.25, -0.2) is 0 Å². The Bertz CT molecular complexity index is 787. The summed E-state index contributed by atoms with van der Waals surface area (Å²) in [5.41, 5.74) is -0.512. The molecule has 2 saturated heterocycles. The van der Waals surface area contributed by atoms with Gasteiger partial charge in [0.15, 0.2) is 0 Å². The van der Waals surface area contributed by atoms with Crippen LogP contribution >= 0.6 is 0 Å². The summed E-state index contributed by atoms with van der Waals surface area (Å²) in [4.78, 5) is 46.1. The van der Waals surface area contributed by atoms with E-state index in [1.165, 1.54) is 0 Å². The number of nitrogens with zero attached hydrogens (tertiary/aromatic N) is 3. The summed E-state index contributed by atoms with van der Waals surface area (Å²) in [6.07, 6.45) is 6.27. The lowest BCUT2D eigenvalue weighted by Gasteiger charge is -2.40. The van der Waals surface area contributed by atoms with Gasteiger partial charge in [0.1, 0.15) is 12.1 Å². The molecule has 2 aliphatic rings. The van der Waals surface area contributed by atoms with Crippen LogP contribution in [-0.2, 0) is 14.4 Å². The topological polar surface area (TPSA) is 73.0 Å². The quantitative estimate of drug-likeness (QED) is 0.449. The van der Waals surface area contributed by atoms with Crippen LogP contribution in [0.15, 0.2) is 0 Å². The van der Waals surface area contributed by atoms with E-state index >= 15 is 0 Å². The van der Waals surface area contributed by atoms with E-state index in [2.05, 4.69) is 79.7 Å². The molecule has 0 saturated carbocycles. The van der Waals surface area contributed by atoms with Crippen LogP contribution in [0.1, 0.15) is 107 Å². The SMILES string of the molecule is CC(C)CCC(C)(C)NC(=O)C1CCCN1C(=O)C1CCCN1C(=O)CC(C)(C)CC(C)(C)N(C)C. The van der Waals surface area contributed by atoms with Crippen LogP contribution in [0.3, 0.4) is 0 Å². The van der Waals surface area contributed by atoms with Crippen molar-refractivity contribution >= 4 is 17.7 Å². The molecule has 2 aliphatic heterocycles. The van der Waals surface area contributed by atoms with Crippen molar-refractivity contribution in [3.8, 4) is 0 Å². The molecule has 1 N–H and O–H groups in total. The molecule has 0 spiro atoms. The predicted octanol–water partition coefficient (Wildman–Crippen LogP) is 4.45. The van der Waals surface area contributed by atoms with Crippen molar-refractivity contribution < 1.29 is 14.4 Å². The van der Waals surface area contributed by atoms with Crippen molar-refractivity contribution in [1.29, 1.82) is 0 Å². The van der Waals surface area contributed by atoms with Crippen LogP contribution in [-0.4, -0.2) is 82.8 Å². The number of rotatable bonds is 11. The van der Waals surface area contributed by atoms with Gasteiger partial charge in [0.2, 0.25) is 17.7 Å². The first-order valence-electron chi connectivity index (χ1n) is 14.1. The molecule has 208 valence electrons. The molecule has 2 fully saturated rings. The second-order valence-corrected chi connectivity index (χ2v) is 14.0. The Labute approximate surface area is 220 Å². The standard InChI is InChI=1S/C29H54N4O3/c1-21(2)15-16-28(5,6)30-25(35)22-13-11-18-33(22)26(36)23-14-12-17-32(23)24(34)19-27(3,4)20-29(7,8)31(9)10/h21-23H,11-20H2,1-10H3,(H,30,35). The van der Waals surface area contributed by atoms with E-state index in [4.69, 9.17) is 0 Å². The van der Waals surface area contributed by atoms with Crippen LogP contribution in [0, 0.1) is 11.3 Å². The molecule has 0 aromatic carbocycles. The highest BCUT2D eigenvalue weighted by Gasteiger charge is 2.43. The number of carbonyl (C=O) groups is 3. The highest BCUT2D eigenvalue weighted by molar-refractivity contribution is 5.93. The maximum atomic E-state index is 13.7. The largest absolute Gasteiger partial charge is 0.349 e. The zero-order valence-electron chi connectivity index (χ0n) is 24.9. The fraction of sp³-hybridized carbons (Fsp3) is 0.897. The number of nitrogens with one attached hydrogen (secondary N) is 1. The van der Waals surface area contributed by atoms with E-state index in [0.29, 0.717) is 38.3 Å². The average molecular weight is 507 g/mol. The normalized spacial score (nSPS) is 21.6. The van der Waals surface area contributed by atoms with Crippen LogP contribution < -0.4 is 5.32 Å². The van der Waals surface area contributed by atoms with Gasteiger partial charge in [0.25, 0.3) is 0 Å².